The molecule has 2 rings (SSSR count). The first-order valence-electron chi connectivity index (χ1n) is 3.70. The molecule has 1 aromatic carbocycles. The maximum atomic E-state index is 11.0. The van der Waals surface area contributed by atoms with E-state index in [-0.39, 0.29) is 6.03 Å². The van der Waals surface area contributed by atoms with Crippen LogP contribution in [0.25, 0.3) is 0 Å². The third-order valence-electron chi connectivity index (χ3n) is 1.87. The van der Waals surface area contributed by atoms with Crippen molar-refractivity contribution in [2.45, 2.75) is 6.54 Å². The first kappa shape index (κ1) is 8.84. The summed E-state index contributed by atoms with van der Waals surface area (Å²) < 4.78 is 0.833. The van der Waals surface area contributed by atoms with E-state index in [0.29, 0.717) is 11.6 Å². The lowest BCUT2D eigenvalue weighted by atomic mass is 10.1. The fraction of sp³-hybridized carbons (Fsp3) is 0.125. The van der Waals surface area contributed by atoms with Crippen molar-refractivity contribution in [3.05, 3.63) is 27.2 Å². The molecule has 0 saturated heterocycles. The second kappa shape index (κ2) is 3.20. The molecule has 0 bridgehead atoms. The van der Waals surface area contributed by atoms with Crippen LogP contribution in [0.2, 0.25) is 5.02 Å². The summed E-state index contributed by atoms with van der Waals surface area (Å²) in [5.41, 5.74) is 1.78. The van der Waals surface area contributed by atoms with Crippen LogP contribution in [-0.4, -0.2) is 6.03 Å². The van der Waals surface area contributed by atoms with Gasteiger partial charge in [0.1, 0.15) is 0 Å². The summed E-state index contributed by atoms with van der Waals surface area (Å²) in [5.74, 6) is 0. The molecular weight excluding hydrogens is 255 g/mol. The fourth-order valence-corrected chi connectivity index (χ4v) is 1.88. The Hall–Kier alpha value is -0.740. The number of anilines is 1. The molecule has 1 aromatic rings. The highest BCUT2D eigenvalue weighted by Crippen LogP contribution is 2.33. The van der Waals surface area contributed by atoms with Gasteiger partial charge in [0.15, 0.2) is 0 Å². The Labute approximate surface area is 88.6 Å². The zero-order valence-corrected chi connectivity index (χ0v) is 8.87. The van der Waals surface area contributed by atoms with Crippen molar-refractivity contribution >= 4 is 39.2 Å². The summed E-state index contributed by atoms with van der Waals surface area (Å²) >= 11 is 9.26. The molecule has 0 saturated carbocycles. The Morgan fingerprint density at radius 3 is 3.00 bits per heavy atom. The molecule has 0 atom stereocenters. The Morgan fingerprint density at radius 2 is 2.23 bits per heavy atom. The van der Waals surface area contributed by atoms with Gasteiger partial charge in [-0.25, -0.2) is 4.79 Å². The van der Waals surface area contributed by atoms with Gasteiger partial charge in [-0.15, -0.1) is 0 Å². The molecule has 3 nitrogen and oxygen atoms in total. The Bertz CT molecular complexity index is 381. The number of fused-ring (bicyclic) bond motifs is 1. The van der Waals surface area contributed by atoms with Crippen molar-refractivity contribution in [3.8, 4) is 0 Å². The first-order chi connectivity index (χ1) is 6.18. The maximum Gasteiger partial charge on any atom is 0.319 e. The van der Waals surface area contributed by atoms with E-state index in [1.54, 1.807) is 12.1 Å². The number of amides is 2. The minimum Gasteiger partial charge on any atom is -0.334 e. The summed E-state index contributed by atoms with van der Waals surface area (Å²) in [4.78, 5) is 11.0. The smallest absolute Gasteiger partial charge is 0.319 e. The SMILES string of the molecule is O=C1NCc2c(ccc(Cl)c2Br)N1. The molecule has 0 spiro atoms. The topological polar surface area (TPSA) is 41.1 Å². The molecular formula is C8H6BrClN2O. The zero-order valence-electron chi connectivity index (χ0n) is 6.53. The molecule has 1 aliphatic rings. The predicted octanol–water partition coefficient (Wildman–Crippen LogP) is 2.74. The van der Waals surface area contributed by atoms with Crippen LogP contribution in [0.5, 0.6) is 0 Å². The standard InChI is InChI=1S/C8H6BrClN2O/c9-7-4-3-11-8(13)12-6(4)2-1-5(7)10/h1-2H,3H2,(H2,11,12,13). The van der Waals surface area contributed by atoms with Crippen molar-refractivity contribution < 1.29 is 4.79 Å². The molecule has 0 fully saturated rings. The molecule has 13 heavy (non-hydrogen) atoms. The number of benzene rings is 1. The van der Waals surface area contributed by atoms with Crippen molar-refractivity contribution in [3.63, 3.8) is 0 Å². The van der Waals surface area contributed by atoms with Crippen molar-refractivity contribution in [2.75, 3.05) is 5.32 Å². The lowest BCUT2D eigenvalue weighted by Gasteiger charge is -2.19. The molecule has 0 radical (unpaired) electrons. The molecule has 68 valence electrons. The van der Waals surface area contributed by atoms with E-state index in [9.17, 15) is 4.79 Å². The van der Waals surface area contributed by atoms with E-state index in [2.05, 4.69) is 26.6 Å². The van der Waals surface area contributed by atoms with Crippen molar-refractivity contribution in [1.29, 1.82) is 0 Å². The Kier molecular flexibility index (Phi) is 2.17. The highest BCUT2D eigenvalue weighted by atomic mass is 79.9. The summed E-state index contributed by atoms with van der Waals surface area (Å²) in [5, 5.41) is 6.01. The molecule has 0 aromatic heterocycles. The van der Waals surface area contributed by atoms with Gasteiger partial charge in [-0.1, -0.05) is 11.6 Å². The minimum absolute atomic E-state index is 0.179. The van der Waals surface area contributed by atoms with Gasteiger partial charge in [-0.05, 0) is 28.1 Å². The van der Waals surface area contributed by atoms with Crippen molar-refractivity contribution in [1.82, 2.24) is 5.32 Å². The molecule has 2 amide bonds. The first-order valence-corrected chi connectivity index (χ1v) is 4.87. The number of carbonyl (C=O) groups is 1. The lowest BCUT2D eigenvalue weighted by molar-refractivity contribution is 0.251. The Morgan fingerprint density at radius 1 is 1.46 bits per heavy atom. The van der Waals surface area contributed by atoms with Gasteiger partial charge in [0.05, 0.1) is 5.02 Å². The second-order valence-corrected chi connectivity index (χ2v) is 3.90. The highest BCUT2D eigenvalue weighted by molar-refractivity contribution is 9.10. The van der Waals surface area contributed by atoms with Crippen LogP contribution in [0.15, 0.2) is 16.6 Å². The number of halogens is 2. The van der Waals surface area contributed by atoms with E-state index in [1.165, 1.54) is 0 Å². The third-order valence-corrected chi connectivity index (χ3v) is 3.32. The van der Waals surface area contributed by atoms with Crippen LogP contribution in [0, 0.1) is 0 Å². The number of hydrogen-bond acceptors (Lipinski definition) is 1. The molecule has 0 unspecified atom stereocenters. The van der Waals surface area contributed by atoms with Crippen LogP contribution in [0.3, 0.4) is 0 Å². The fourth-order valence-electron chi connectivity index (χ4n) is 1.22. The number of nitrogens with one attached hydrogen (secondary N) is 2. The quantitative estimate of drug-likeness (QED) is 0.741. The van der Waals surface area contributed by atoms with Crippen LogP contribution in [0.1, 0.15) is 5.56 Å². The number of carbonyl (C=O) groups excluding carboxylic acids is 1. The van der Waals surface area contributed by atoms with Gasteiger partial charge in [0, 0.05) is 22.3 Å². The third kappa shape index (κ3) is 1.51. The average Bonchev–Trinajstić information content (AvgIpc) is 2.12. The summed E-state index contributed by atoms with van der Waals surface area (Å²) in [6.07, 6.45) is 0. The van der Waals surface area contributed by atoms with Gasteiger partial charge in [0.25, 0.3) is 0 Å². The van der Waals surface area contributed by atoms with Crippen LogP contribution in [-0.2, 0) is 6.54 Å². The Balaban J connectivity index is 2.53. The predicted molar refractivity (Wildman–Crippen MR) is 55.0 cm³/mol. The molecule has 0 aliphatic carbocycles. The van der Waals surface area contributed by atoms with Crippen molar-refractivity contribution in [2.24, 2.45) is 0 Å². The van der Waals surface area contributed by atoms with Gasteiger partial charge in [-0.2, -0.15) is 0 Å². The molecule has 5 heteroatoms. The summed E-state index contributed by atoms with van der Waals surface area (Å²) in [6, 6.07) is 3.36. The second-order valence-electron chi connectivity index (χ2n) is 2.70. The van der Waals surface area contributed by atoms with Gasteiger partial charge >= 0.3 is 6.03 Å². The number of urea groups is 1. The van der Waals surface area contributed by atoms with Gasteiger partial charge < -0.3 is 10.6 Å². The lowest BCUT2D eigenvalue weighted by Crippen LogP contribution is -2.33. The van der Waals surface area contributed by atoms with Crippen LogP contribution in [0.4, 0.5) is 10.5 Å². The van der Waals surface area contributed by atoms with E-state index in [0.717, 1.165) is 15.7 Å². The van der Waals surface area contributed by atoms with E-state index in [4.69, 9.17) is 11.6 Å². The number of rotatable bonds is 0. The largest absolute Gasteiger partial charge is 0.334 e. The van der Waals surface area contributed by atoms with Crippen LogP contribution < -0.4 is 10.6 Å². The van der Waals surface area contributed by atoms with E-state index < -0.39 is 0 Å². The summed E-state index contributed by atoms with van der Waals surface area (Å²) in [7, 11) is 0. The normalized spacial score (nSPS) is 14.5. The minimum atomic E-state index is -0.179. The maximum absolute atomic E-state index is 11.0. The van der Waals surface area contributed by atoms with Crippen LogP contribution >= 0.6 is 27.5 Å². The zero-order chi connectivity index (χ0) is 9.42. The number of hydrogen-bond donors (Lipinski definition) is 2. The van der Waals surface area contributed by atoms with Gasteiger partial charge in [0.2, 0.25) is 0 Å². The van der Waals surface area contributed by atoms with E-state index in [1.807, 2.05) is 0 Å². The van der Waals surface area contributed by atoms with Gasteiger partial charge in [-0.3, -0.25) is 0 Å². The molecule has 2 N–H and O–H groups in total. The average molecular weight is 262 g/mol. The summed E-state index contributed by atoms with van der Waals surface area (Å²) in [6.45, 7) is 0.502. The monoisotopic (exact) mass is 260 g/mol. The molecule has 1 aliphatic heterocycles. The molecule has 1 heterocycles. The van der Waals surface area contributed by atoms with E-state index >= 15 is 0 Å². The highest BCUT2D eigenvalue weighted by Gasteiger charge is 2.17.